The SMILES string of the molecule is Cc1cc2nc3c(=O)[nH]c(=O)nc-3n(CC(O)C(O)C(O)COP(=O)(O)OP(=O)(O)OC[C@H]3O[C@@H](n4cnc5c(N)ncnc54)[C@H](O)[C@@H]3O)c2cc1C. The Morgan fingerprint density at radius 3 is 2.42 bits per heavy atom. The van der Waals surface area contributed by atoms with Crippen molar-refractivity contribution in [2.24, 2.45) is 0 Å². The Kier molecular flexibility index (Phi) is 10.6. The van der Waals surface area contributed by atoms with Gasteiger partial charge in [0.1, 0.15) is 48.5 Å². The summed E-state index contributed by atoms with van der Waals surface area (Å²) in [5.74, 6) is -0.212. The highest BCUT2D eigenvalue weighted by Gasteiger charge is 2.46. The summed E-state index contributed by atoms with van der Waals surface area (Å²) in [6.07, 6.45) is -9.93. The van der Waals surface area contributed by atoms with E-state index in [1.807, 2.05) is 4.98 Å². The van der Waals surface area contributed by atoms with E-state index in [2.05, 4.69) is 33.8 Å². The molecule has 0 amide bonds. The third-order valence-electron chi connectivity index (χ3n) is 8.40. The lowest BCUT2D eigenvalue weighted by Crippen LogP contribution is -2.42. The lowest BCUT2D eigenvalue weighted by molar-refractivity contribution is -0.0794. The molecule has 0 radical (unpaired) electrons. The fourth-order valence-electron chi connectivity index (χ4n) is 5.55. The molecule has 0 bridgehead atoms. The van der Waals surface area contributed by atoms with Crippen LogP contribution in [-0.2, 0) is 33.8 Å². The van der Waals surface area contributed by atoms with E-state index in [1.54, 1.807) is 26.0 Å². The number of rotatable bonds is 13. The lowest BCUT2D eigenvalue weighted by Gasteiger charge is -2.26. The monoisotopic (exact) mass is 785 g/mol. The van der Waals surface area contributed by atoms with Gasteiger partial charge in [-0.05, 0) is 37.1 Å². The molecule has 10 N–H and O–H groups in total. The maximum absolute atomic E-state index is 12.5. The summed E-state index contributed by atoms with van der Waals surface area (Å²) in [4.78, 5) is 66.6. The normalized spacial score (nSPS) is 23.3. The first-order valence-corrected chi connectivity index (χ1v) is 18.4. The average molecular weight is 786 g/mol. The highest BCUT2D eigenvalue weighted by Crippen LogP contribution is 2.60. The van der Waals surface area contributed by atoms with E-state index in [-0.39, 0.29) is 34.0 Å². The lowest BCUT2D eigenvalue weighted by atomic mass is 10.1. The van der Waals surface area contributed by atoms with Gasteiger partial charge in [-0.1, -0.05) is 0 Å². The number of nitrogens with one attached hydrogen (secondary N) is 1. The number of nitrogens with zero attached hydrogens (tertiary/aromatic N) is 7. The van der Waals surface area contributed by atoms with Gasteiger partial charge in [-0.25, -0.2) is 33.9 Å². The number of nitrogen functional groups attached to an aromatic ring is 1. The number of aliphatic hydroxyl groups excluding tert-OH is 5. The molecule has 1 saturated heterocycles. The molecule has 6 rings (SSSR count). The highest BCUT2D eigenvalue weighted by molar-refractivity contribution is 7.61. The maximum Gasteiger partial charge on any atom is 0.481 e. The standard InChI is InChI=1S/C27H33N9O15P2/c1-10-3-12-13(4-11(10)2)35(24-18(32-12)25(42)34-27(43)33-24)5-14(37)19(39)15(38)6-48-52(44,45)51-53(46,47)49-7-16-20(40)21(41)26(50-16)36-9-31-17-22(28)29-8-30-23(17)36/h3-4,8-9,14-16,19-21,26,37-41H,5-7H2,1-2H3,(H,44,45)(H,46,47)(H2,28,29,30)(H,34,42,43)/t14?,15?,16-,19?,20-,21-,26-/m1/s1. The minimum atomic E-state index is -5.54. The molecule has 26 heteroatoms. The van der Waals surface area contributed by atoms with Gasteiger partial charge in [0.15, 0.2) is 29.2 Å². The van der Waals surface area contributed by atoms with Crippen molar-refractivity contribution in [2.45, 2.75) is 63.2 Å². The minimum absolute atomic E-state index is 0.0293. The summed E-state index contributed by atoms with van der Waals surface area (Å²) >= 11 is 0. The number of H-pyrrole nitrogens is 1. The van der Waals surface area contributed by atoms with E-state index in [0.717, 1.165) is 17.5 Å². The Morgan fingerprint density at radius 2 is 1.68 bits per heavy atom. The Morgan fingerprint density at radius 1 is 0.981 bits per heavy atom. The largest absolute Gasteiger partial charge is 0.481 e. The van der Waals surface area contributed by atoms with Gasteiger partial charge in [0.25, 0.3) is 5.56 Å². The van der Waals surface area contributed by atoms with Crippen LogP contribution in [0.2, 0.25) is 0 Å². The highest BCUT2D eigenvalue weighted by atomic mass is 31.3. The molecule has 0 spiro atoms. The first kappa shape index (κ1) is 38.6. The summed E-state index contributed by atoms with van der Waals surface area (Å²) in [5, 5.41) is 53.0. The van der Waals surface area contributed by atoms with Crippen molar-refractivity contribution in [3.8, 4) is 11.5 Å². The van der Waals surface area contributed by atoms with Crippen molar-refractivity contribution >= 4 is 43.7 Å². The van der Waals surface area contributed by atoms with Crippen LogP contribution >= 0.6 is 15.6 Å². The van der Waals surface area contributed by atoms with Crippen LogP contribution in [0.4, 0.5) is 5.82 Å². The molecule has 5 heterocycles. The second-order valence-corrected chi connectivity index (χ2v) is 15.1. The van der Waals surface area contributed by atoms with Crippen LogP contribution < -0.4 is 17.0 Å². The second-order valence-electron chi connectivity index (χ2n) is 12.1. The third-order valence-corrected chi connectivity index (χ3v) is 11.0. The molecule has 24 nitrogen and oxygen atoms in total. The molecular formula is C27H33N9O15P2. The predicted octanol–water partition coefficient (Wildman–Crippen LogP) is -2.42. The summed E-state index contributed by atoms with van der Waals surface area (Å²) in [5.41, 5.74) is 6.11. The molecule has 0 aliphatic carbocycles. The van der Waals surface area contributed by atoms with E-state index < -0.39 is 89.5 Å². The molecule has 5 unspecified atom stereocenters. The molecule has 286 valence electrons. The van der Waals surface area contributed by atoms with Crippen LogP contribution in [0.15, 0.2) is 34.4 Å². The zero-order valence-electron chi connectivity index (χ0n) is 27.5. The van der Waals surface area contributed by atoms with E-state index in [0.29, 0.717) is 5.52 Å². The van der Waals surface area contributed by atoms with Gasteiger partial charge >= 0.3 is 21.3 Å². The van der Waals surface area contributed by atoms with Gasteiger partial charge in [-0.15, -0.1) is 0 Å². The van der Waals surface area contributed by atoms with Gasteiger partial charge in [0, 0.05) is 0 Å². The number of hydrogen-bond donors (Lipinski definition) is 9. The number of hydrogen-bond acceptors (Lipinski definition) is 19. The van der Waals surface area contributed by atoms with Gasteiger partial charge in [-0.2, -0.15) is 9.29 Å². The van der Waals surface area contributed by atoms with E-state index in [4.69, 9.17) is 15.0 Å². The van der Waals surface area contributed by atoms with Crippen molar-refractivity contribution in [1.82, 2.24) is 39.0 Å². The zero-order valence-corrected chi connectivity index (χ0v) is 29.3. The van der Waals surface area contributed by atoms with Gasteiger partial charge < -0.3 is 50.4 Å². The van der Waals surface area contributed by atoms with Crippen molar-refractivity contribution < 1.29 is 62.5 Å². The maximum atomic E-state index is 12.5. The number of benzene rings is 1. The number of phosphoric acid groups is 2. The van der Waals surface area contributed by atoms with Crippen LogP contribution in [0.3, 0.4) is 0 Å². The van der Waals surface area contributed by atoms with Crippen molar-refractivity contribution in [3.63, 3.8) is 0 Å². The molecule has 3 aliphatic rings. The first-order valence-electron chi connectivity index (χ1n) is 15.4. The number of aryl methyl sites for hydroxylation is 2. The number of nitrogens with two attached hydrogens (primary N) is 1. The number of aromatic nitrogens is 8. The van der Waals surface area contributed by atoms with Gasteiger partial charge in [0.2, 0.25) is 0 Å². The number of anilines is 1. The average Bonchev–Trinajstić information content (AvgIpc) is 3.63. The Balaban J connectivity index is 1.07. The van der Waals surface area contributed by atoms with Crippen LogP contribution in [0.1, 0.15) is 17.4 Å². The number of aromatic amines is 1. The van der Waals surface area contributed by atoms with Crippen molar-refractivity contribution in [1.29, 1.82) is 0 Å². The number of aliphatic hydroxyl groups is 5. The molecule has 3 aliphatic heterocycles. The van der Waals surface area contributed by atoms with Crippen LogP contribution in [0, 0.1) is 13.8 Å². The Labute approximate surface area is 295 Å². The minimum Gasteiger partial charge on any atom is -0.388 e. The van der Waals surface area contributed by atoms with Crippen LogP contribution in [-0.4, -0.2) is 124 Å². The van der Waals surface area contributed by atoms with Gasteiger partial charge in [-0.3, -0.25) is 23.4 Å². The quantitative estimate of drug-likeness (QED) is 0.0443. The first-order chi connectivity index (χ1) is 24.9. The van der Waals surface area contributed by atoms with Gasteiger partial charge in [0.05, 0.1) is 37.1 Å². The fourth-order valence-corrected chi connectivity index (χ4v) is 7.65. The van der Waals surface area contributed by atoms with Crippen molar-refractivity contribution in [3.05, 3.63) is 56.8 Å². The Bertz CT molecular complexity index is 2350. The fraction of sp³-hybridized carbons (Fsp3) is 0.444. The number of fused-ring (bicyclic) bond motifs is 3. The van der Waals surface area contributed by atoms with E-state index >= 15 is 0 Å². The molecule has 1 aromatic carbocycles. The summed E-state index contributed by atoms with van der Waals surface area (Å²) < 4.78 is 46.6. The zero-order chi connectivity index (χ0) is 38.6. The number of phosphoric ester groups is 2. The second kappa shape index (κ2) is 14.6. The summed E-state index contributed by atoms with van der Waals surface area (Å²) in [6, 6.07) is 3.29. The number of ether oxygens (including phenoxy) is 1. The van der Waals surface area contributed by atoms with Crippen molar-refractivity contribution in [2.75, 3.05) is 18.9 Å². The van der Waals surface area contributed by atoms with Crippen LogP contribution in [0.25, 0.3) is 33.7 Å². The molecule has 0 saturated carbocycles. The summed E-state index contributed by atoms with van der Waals surface area (Å²) in [6.45, 7) is 0.795. The number of imidazole rings is 1. The van der Waals surface area contributed by atoms with E-state index in [9.17, 15) is 54.0 Å². The molecule has 3 aromatic rings. The molecule has 2 aromatic heterocycles. The molecule has 53 heavy (non-hydrogen) atoms. The van der Waals surface area contributed by atoms with E-state index in [1.165, 1.54) is 15.5 Å². The topological polar surface area (TPSA) is 363 Å². The molecule has 1 fully saturated rings. The summed E-state index contributed by atoms with van der Waals surface area (Å²) in [7, 11) is -11.0. The molecule has 9 atom stereocenters. The third kappa shape index (κ3) is 7.91. The predicted molar refractivity (Wildman–Crippen MR) is 177 cm³/mol. The van der Waals surface area contributed by atoms with Crippen LogP contribution in [0.5, 0.6) is 0 Å². The smallest absolute Gasteiger partial charge is 0.388 e. The molecular weight excluding hydrogens is 752 g/mol. The Hall–Kier alpha value is -4.13.